The average Bonchev–Trinajstić information content (AvgIpc) is 2.97. The van der Waals surface area contributed by atoms with Gasteiger partial charge in [-0.05, 0) is 24.3 Å². The molecule has 1 heterocycles. The number of ether oxygens (including phenoxy) is 1. The standard InChI is InChI=1S/C18H19ClN2O4S/c1-21-11-14(13-5-3-4-6-16(13)21)17(22)10-20-26(23,24)12-7-8-18(25-2)15(19)9-12/h3-9,11,17,20,22H,10H2,1-2H3. The Balaban J connectivity index is 1.80. The molecule has 1 aromatic heterocycles. The summed E-state index contributed by atoms with van der Waals surface area (Å²) in [5.41, 5.74) is 1.63. The predicted molar refractivity (Wildman–Crippen MR) is 101 cm³/mol. The molecule has 0 bridgehead atoms. The van der Waals surface area contributed by atoms with Gasteiger partial charge in [-0.15, -0.1) is 0 Å². The quantitative estimate of drug-likeness (QED) is 0.673. The molecule has 0 amide bonds. The number of halogens is 1. The summed E-state index contributed by atoms with van der Waals surface area (Å²) in [6, 6.07) is 11.8. The highest BCUT2D eigenvalue weighted by Crippen LogP contribution is 2.28. The highest BCUT2D eigenvalue weighted by Gasteiger charge is 2.20. The number of hydrogen-bond donors (Lipinski definition) is 2. The van der Waals surface area contributed by atoms with Crippen LogP contribution in [0.1, 0.15) is 11.7 Å². The number of benzene rings is 2. The minimum absolute atomic E-state index is 0.00780. The molecule has 3 rings (SSSR count). The number of aryl methyl sites for hydroxylation is 1. The first-order valence-corrected chi connectivity index (χ1v) is 9.75. The molecule has 2 N–H and O–H groups in total. The van der Waals surface area contributed by atoms with Crippen molar-refractivity contribution in [1.29, 1.82) is 0 Å². The zero-order chi connectivity index (χ0) is 18.9. The van der Waals surface area contributed by atoms with E-state index in [1.54, 1.807) is 6.20 Å². The summed E-state index contributed by atoms with van der Waals surface area (Å²) in [5.74, 6) is 0.390. The lowest BCUT2D eigenvalue weighted by Crippen LogP contribution is -2.28. The number of methoxy groups -OCH3 is 1. The number of rotatable bonds is 6. The molecule has 26 heavy (non-hydrogen) atoms. The van der Waals surface area contributed by atoms with Crippen LogP contribution in [-0.2, 0) is 17.1 Å². The van der Waals surface area contributed by atoms with E-state index in [4.69, 9.17) is 16.3 Å². The number of para-hydroxylation sites is 1. The third-order valence-corrected chi connectivity index (χ3v) is 5.90. The molecular formula is C18H19ClN2O4S. The minimum Gasteiger partial charge on any atom is -0.495 e. The van der Waals surface area contributed by atoms with Gasteiger partial charge in [0.15, 0.2) is 0 Å². The fourth-order valence-corrected chi connectivity index (χ4v) is 4.22. The number of sulfonamides is 1. The predicted octanol–water partition coefficient (Wildman–Crippen LogP) is 2.85. The first-order chi connectivity index (χ1) is 12.3. The van der Waals surface area contributed by atoms with Crippen LogP contribution in [0.5, 0.6) is 5.75 Å². The number of aromatic nitrogens is 1. The van der Waals surface area contributed by atoms with Crippen LogP contribution in [0.4, 0.5) is 0 Å². The van der Waals surface area contributed by atoms with Crippen molar-refractivity contribution in [2.45, 2.75) is 11.0 Å². The lowest BCUT2D eigenvalue weighted by Gasteiger charge is -2.13. The molecule has 0 spiro atoms. The number of hydrogen-bond acceptors (Lipinski definition) is 4. The molecule has 0 radical (unpaired) electrons. The zero-order valence-corrected chi connectivity index (χ0v) is 15.9. The van der Waals surface area contributed by atoms with Crippen molar-refractivity contribution in [3.8, 4) is 5.75 Å². The van der Waals surface area contributed by atoms with Crippen LogP contribution in [0.25, 0.3) is 10.9 Å². The maximum absolute atomic E-state index is 12.5. The third kappa shape index (κ3) is 3.57. The van der Waals surface area contributed by atoms with Gasteiger partial charge in [0.05, 0.1) is 23.1 Å². The third-order valence-electron chi connectivity index (χ3n) is 4.19. The van der Waals surface area contributed by atoms with Crippen LogP contribution in [0, 0.1) is 0 Å². The van der Waals surface area contributed by atoms with Crippen LogP contribution in [0.3, 0.4) is 0 Å². The fraction of sp³-hybridized carbons (Fsp3) is 0.222. The molecule has 138 valence electrons. The van der Waals surface area contributed by atoms with Gasteiger partial charge in [-0.2, -0.15) is 0 Å². The number of aliphatic hydroxyl groups excluding tert-OH is 1. The molecule has 2 aromatic carbocycles. The van der Waals surface area contributed by atoms with E-state index in [0.29, 0.717) is 11.3 Å². The van der Waals surface area contributed by atoms with E-state index >= 15 is 0 Å². The van der Waals surface area contributed by atoms with Crippen LogP contribution >= 0.6 is 11.6 Å². The normalized spacial score (nSPS) is 13.1. The lowest BCUT2D eigenvalue weighted by atomic mass is 10.1. The monoisotopic (exact) mass is 394 g/mol. The van der Waals surface area contributed by atoms with Crippen molar-refractivity contribution < 1.29 is 18.3 Å². The summed E-state index contributed by atoms with van der Waals surface area (Å²) >= 11 is 5.99. The molecule has 1 unspecified atom stereocenters. The molecule has 0 saturated heterocycles. The average molecular weight is 395 g/mol. The Kier molecular flexibility index (Phi) is 5.24. The minimum atomic E-state index is -3.81. The van der Waals surface area contributed by atoms with Crippen LogP contribution in [-0.4, -0.2) is 31.7 Å². The molecule has 3 aromatic rings. The van der Waals surface area contributed by atoms with Crippen molar-refractivity contribution in [2.24, 2.45) is 7.05 Å². The molecule has 1 atom stereocenters. The maximum atomic E-state index is 12.5. The topological polar surface area (TPSA) is 80.6 Å². The smallest absolute Gasteiger partial charge is 0.240 e. The van der Waals surface area contributed by atoms with E-state index in [0.717, 1.165) is 10.9 Å². The van der Waals surface area contributed by atoms with Gasteiger partial charge in [-0.1, -0.05) is 29.8 Å². The van der Waals surface area contributed by atoms with E-state index in [-0.39, 0.29) is 16.5 Å². The molecule has 0 aliphatic carbocycles. The molecule has 0 aliphatic heterocycles. The summed E-state index contributed by atoms with van der Waals surface area (Å²) in [7, 11) is -0.484. The lowest BCUT2D eigenvalue weighted by molar-refractivity contribution is 0.183. The van der Waals surface area contributed by atoms with Crippen LogP contribution in [0.2, 0.25) is 5.02 Å². The Morgan fingerprint density at radius 1 is 1.27 bits per heavy atom. The Hall–Kier alpha value is -2.06. The Morgan fingerprint density at radius 3 is 2.69 bits per heavy atom. The Morgan fingerprint density at radius 2 is 2.00 bits per heavy atom. The van der Waals surface area contributed by atoms with Gasteiger partial charge >= 0.3 is 0 Å². The first kappa shape index (κ1) is 18.7. The SMILES string of the molecule is COc1ccc(S(=O)(=O)NCC(O)c2cn(C)c3ccccc23)cc1Cl. The molecular weight excluding hydrogens is 376 g/mol. The van der Waals surface area contributed by atoms with Gasteiger partial charge < -0.3 is 14.4 Å². The summed E-state index contributed by atoms with van der Waals surface area (Å²) in [6.07, 6.45) is 0.818. The van der Waals surface area contributed by atoms with Gasteiger partial charge in [-0.25, -0.2) is 13.1 Å². The van der Waals surface area contributed by atoms with E-state index in [1.807, 2.05) is 35.9 Å². The van der Waals surface area contributed by atoms with Gasteiger partial charge in [0, 0.05) is 36.3 Å². The van der Waals surface area contributed by atoms with E-state index in [1.165, 1.54) is 25.3 Å². The van der Waals surface area contributed by atoms with Gasteiger partial charge in [-0.3, -0.25) is 0 Å². The number of nitrogens with zero attached hydrogens (tertiary/aromatic N) is 1. The highest BCUT2D eigenvalue weighted by molar-refractivity contribution is 7.89. The van der Waals surface area contributed by atoms with Crippen LogP contribution < -0.4 is 9.46 Å². The van der Waals surface area contributed by atoms with Crippen molar-refractivity contribution in [1.82, 2.24) is 9.29 Å². The second kappa shape index (κ2) is 7.28. The largest absolute Gasteiger partial charge is 0.495 e. The van der Waals surface area contributed by atoms with Gasteiger partial charge in [0.1, 0.15) is 5.75 Å². The van der Waals surface area contributed by atoms with Crippen LogP contribution in [0.15, 0.2) is 53.6 Å². The Bertz CT molecular complexity index is 1050. The van der Waals surface area contributed by atoms with E-state index < -0.39 is 16.1 Å². The van der Waals surface area contributed by atoms with E-state index in [2.05, 4.69) is 4.72 Å². The number of fused-ring (bicyclic) bond motifs is 1. The van der Waals surface area contributed by atoms with Gasteiger partial charge in [0.25, 0.3) is 0 Å². The number of aliphatic hydroxyl groups is 1. The first-order valence-electron chi connectivity index (χ1n) is 7.88. The summed E-state index contributed by atoms with van der Waals surface area (Å²) in [5, 5.41) is 11.6. The molecule has 0 saturated carbocycles. The second-order valence-electron chi connectivity index (χ2n) is 5.88. The second-order valence-corrected chi connectivity index (χ2v) is 8.05. The zero-order valence-electron chi connectivity index (χ0n) is 14.3. The van der Waals surface area contributed by atoms with Crippen molar-refractivity contribution in [2.75, 3.05) is 13.7 Å². The highest BCUT2D eigenvalue weighted by atomic mass is 35.5. The fourth-order valence-electron chi connectivity index (χ4n) is 2.83. The molecule has 0 aliphatic rings. The Labute approximate surface area is 157 Å². The van der Waals surface area contributed by atoms with Crippen molar-refractivity contribution in [3.63, 3.8) is 0 Å². The van der Waals surface area contributed by atoms with Crippen molar-refractivity contribution in [3.05, 3.63) is 59.2 Å². The summed E-state index contributed by atoms with van der Waals surface area (Å²) in [4.78, 5) is 0.00780. The molecule has 0 fully saturated rings. The molecule has 6 nitrogen and oxygen atoms in total. The maximum Gasteiger partial charge on any atom is 0.240 e. The molecule has 8 heteroatoms. The van der Waals surface area contributed by atoms with Crippen molar-refractivity contribution >= 4 is 32.5 Å². The number of nitrogens with one attached hydrogen (secondary N) is 1. The van der Waals surface area contributed by atoms with Gasteiger partial charge in [0.2, 0.25) is 10.0 Å². The summed E-state index contributed by atoms with van der Waals surface area (Å²) in [6.45, 7) is -0.153. The summed E-state index contributed by atoms with van der Waals surface area (Å²) < 4.78 is 34.3. The van der Waals surface area contributed by atoms with E-state index in [9.17, 15) is 13.5 Å².